The second-order valence-electron chi connectivity index (χ2n) is 4.66. The predicted molar refractivity (Wildman–Crippen MR) is 67.9 cm³/mol. The van der Waals surface area contributed by atoms with Crippen LogP contribution in [0.25, 0.3) is 10.9 Å². The topological polar surface area (TPSA) is 17.0 Å². The summed E-state index contributed by atoms with van der Waals surface area (Å²) in [6, 6.07) is 7.00. The van der Waals surface area contributed by atoms with Crippen molar-refractivity contribution in [2.45, 2.75) is 25.8 Å². The van der Waals surface area contributed by atoms with E-state index in [1.54, 1.807) is 5.56 Å². The smallest absolute Gasteiger partial charge is 0.0513 e. The zero-order chi connectivity index (χ0) is 11.0. The highest BCUT2D eigenvalue weighted by Gasteiger charge is 2.12. The maximum Gasteiger partial charge on any atom is 0.0513 e. The Morgan fingerprint density at radius 2 is 2.31 bits per heavy atom. The molecule has 0 saturated carbocycles. The van der Waals surface area contributed by atoms with Crippen LogP contribution in [0.4, 0.5) is 0 Å². The van der Waals surface area contributed by atoms with Crippen molar-refractivity contribution in [2.24, 2.45) is 0 Å². The number of likely N-dealkylation sites (N-methyl/N-ethyl adjacent to an activating group) is 1. The maximum absolute atomic E-state index is 3.22. The molecule has 2 nitrogen and oxygen atoms in total. The van der Waals surface area contributed by atoms with Crippen molar-refractivity contribution < 1.29 is 0 Å². The zero-order valence-corrected chi connectivity index (χ0v) is 9.79. The zero-order valence-electron chi connectivity index (χ0n) is 9.79. The van der Waals surface area contributed by atoms with Gasteiger partial charge in [0.25, 0.3) is 0 Å². The van der Waals surface area contributed by atoms with E-state index in [0.717, 1.165) is 13.0 Å². The van der Waals surface area contributed by atoms with Crippen LogP contribution in [0, 0.1) is 0 Å². The van der Waals surface area contributed by atoms with Gasteiger partial charge in [0.1, 0.15) is 0 Å². The van der Waals surface area contributed by atoms with Crippen molar-refractivity contribution in [3.05, 3.63) is 35.5 Å². The molecule has 0 radical (unpaired) electrons. The Balaban J connectivity index is 2.08. The van der Waals surface area contributed by atoms with Crippen LogP contribution in [0.5, 0.6) is 0 Å². The fourth-order valence-corrected chi connectivity index (χ4v) is 2.74. The standard InChI is InChI=1S/C14H18N2/c1-15-6-4-11-9-12-3-2-7-16-8-5-13(10-11)14(12)16/h5,8-10,15H,2-4,6-7H2,1H3. The number of hydrogen-bond acceptors (Lipinski definition) is 1. The Morgan fingerprint density at radius 1 is 1.38 bits per heavy atom. The quantitative estimate of drug-likeness (QED) is 0.830. The Bertz CT molecular complexity index is 511. The van der Waals surface area contributed by atoms with Crippen LogP contribution in [0.1, 0.15) is 17.5 Å². The Morgan fingerprint density at radius 3 is 3.19 bits per heavy atom. The molecule has 0 fully saturated rings. The van der Waals surface area contributed by atoms with Crippen LogP contribution in [0.3, 0.4) is 0 Å². The number of nitrogens with zero attached hydrogens (tertiary/aromatic N) is 1. The first-order valence-corrected chi connectivity index (χ1v) is 6.14. The molecular weight excluding hydrogens is 196 g/mol. The van der Waals surface area contributed by atoms with E-state index in [4.69, 9.17) is 0 Å². The highest BCUT2D eigenvalue weighted by molar-refractivity contribution is 5.84. The lowest BCUT2D eigenvalue weighted by molar-refractivity contribution is 0.635. The summed E-state index contributed by atoms with van der Waals surface area (Å²) in [6.07, 6.45) is 5.89. The molecule has 2 aromatic rings. The van der Waals surface area contributed by atoms with E-state index in [0.29, 0.717) is 0 Å². The van der Waals surface area contributed by atoms with Gasteiger partial charge in [-0.25, -0.2) is 0 Å². The third-order valence-electron chi connectivity index (χ3n) is 3.51. The molecule has 0 spiro atoms. The van der Waals surface area contributed by atoms with E-state index in [2.05, 4.69) is 34.3 Å². The monoisotopic (exact) mass is 214 g/mol. The third kappa shape index (κ3) is 1.54. The molecule has 2 heteroatoms. The minimum absolute atomic E-state index is 1.06. The minimum atomic E-state index is 1.06. The first kappa shape index (κ1) is 9.91. The number of nitrogens with one attached hydrogen (secondary N) is 1. The second kappa shape index (κ2) is 3.95. The maximum atomic E-state index is 3.22. The average Bonchev–Trinajstić information content (AvgIpc) is 2.72. The second-order valence-corrected chi connectivity index (χ2v) is 4.66. The Hall–Kier alpha value is -1.28. The molecule has 84 valence electrons. The first-order valence-electron chi connectivity index (χ1n) is 6.14. The molecule has 0 unspecified atom stereocenters. The number of rotatable bonds is 3. The van der Waals surface area contributed by atoms with E-state index < -0.39 is 0 Å². The van der Waals surface area contributed by atoms with Crippen molar-refractivity contribution >= 4 is 10.9 Å². The molecule has 1 aliphatic rings. The van der Waals surface area contributed by atoms with E-state index in [9.17, 15) is 0 Å². The lowest BCUT2D eigenvalue weighted by atomic mass is 9.99. The fraction of sp³-hybridized carbons (Fsp3) is 0.429. The van der Waals surface area contributed by atoms with Gasteiger partial charge < -0.3 is 9.88 Å². The number of aromatic nitrogens is 1. The molecule has 1 aliphatic heterocycles. The Labute approximate surface area is 96.3 Å². The van der Waals surface area contributed by atoms with Crippen LogP contribution in [0.2, 0.25) is 0 Å². The highest BCUT2D eigenvalue weighted by Crippen LogP contribution is 2.27. The van der Waals surface area contributed by atoms with Crippen LogP contribution in [-0.4, -0.2) is 18.2 Å². The van der Waals surface area contributed by atoms with E-state index in [1.165, 1.54) is 35.9 Å². The SMILES string of the molecule is CNCCc1cc2c3c(ccn3CCC2)c1. The summed E-state index contributed by atoms with van der Waals surface area (Å²) in [6.45, 7) is 2.25. The van der Waals surface area contributed by atoms with Crippen molar-refractivity contribution in [3.63, 3.8) is 0 Å². The van der Waals surface area contributed by atoms with E-state index >= 15 is 0 Å². The van der Waals surface area contributed by atoms with Crippen molar-refractivity contribution in [3.8, 4) is 0 Å². The van der Waals surface area contributed by atoms with Gasteiger partial charge in [-0.05, 0) is 56.1 Å². The van der Waals surface area contributed by atoms with Crippen LogP contribution < -0.4 is 5.32 Å². The summed E-state index contributed by atoms with van der Waals surface area (Å²) in [7, 11) is 2.01. The van der Waals surface area contributed by atoms with Crippen molar-refractivity contribution in [1.82, 2.24) is 9.88 Å². The fourth-order valence-electron chi connectivity index (χ4n) is 2.74. The molecule has 1 aromatic heterocycles. The number of benzene rings is 1. The van der Waals surface area contributed by atoms with Gasteiger partial charge in [0, 0.05) is 18.1 Å². The van der Waals surface area contributed by atoms with Gasteiger partial charge in [-0.1, -0.05) is 6.07 Å². The summed E-state index contributed by atoms with van der Waals surface area (Å²) in [5.41, 5.74) is 4.48. The highest BCUT2D eigenvalue weighted by atomic mass is 15.0. The molecule has 0 aliphatic carbocycles. The minimum Gasteiger partial charge on any atom is -0.347 e. The normalized spacial score (nSPS) is 14.6. The van der Waals surface area contributed by atoms with Crippen molar-refractivity contribution in [1.29, 1.82) is 0 Å². The van der Waals surface area contributed by atoms with Gasteiger partial charge in [-0.3, -0.25) is 0 Å². The van der Waals surface area contributed by atoms with E-state index in [-0.39, 0.29) is 0 Å². The summed E-state index contributed by atoms with van der Waals surface area (Å²) >= 11 is 0. The molecule has 0 bridgehead atoms. The molecule has 1 N–H and O–H groups in total. The van der Waals surface area contributed by atoms with Gasteiger partial charge in [0.15, 0.2) is 0 Å². The van der Waals surface area contributed by atoms with Gasteiger partial charge in [-0.2, -0.15) is 0 Å². The van der Waals surface area contributed by atoms with Crippen molar-refractivity contribution in [2.75, 3.05) is 13.6 Å². The molecule has 2 heterocycles. The molecule has 1 aromatic carbocycles. The summed E-state index contributed by atoms with van der Waals surface area (Å²) in [4.78, 5) is 0. The third-order valence-corrected chi connectivity index (χ3v) is 3.51. The molecular formula is C14H18N2. The van der Waals surface area contributed by atoms with Crippen LogP contribution in [0.15, 0.2) is 24.4 Å². The number of aryl methyl sites for hydroxylation is 2. The van der Waals surface area contributed by atoms with Gasteiger partial charge in [-0.15, -0.1) is 0 Å². The summed E-state index contributed by atoms with van der Waals surface area (Å²) < 4.78 is 2.40. The first-order chi connectivity index (χ1) is 7.88. The predicted octanol–water partition coefficient (Wildman–Crippen LogP) is 2.35. The lowest BCUT2D eigenvalue weighted by Crippen LogP contribution is -2.11. The van der Waals surface area contributed by atoms with Crippen LogP contribution >= 0.6 is 0 Å². The van der Waals surface area contributed by atoms with Gasteiger partial charge in [0.2, 0.25) is 0 Å². The van der Waals surface area contributed by atoms with Gasteiger partial charge >= 0.3 is 0 Å². The Kier molecular flexibility index (Phi) is 2.44. The average molecular weight is 214 g/mol. The molecule has 3 rings (SSSR count). The van der Waals surface area contributed by atoms with Crippen LogP contribution in [-0.2, 0) is 19.4 Å². The summed E-state index contributed by atoms with van der Waals surface area (Å²) in [5.74, 6) is 0. The molecule has 16 heavy (non-hydrogen) atoms. The summed E-state index contributed by atoms with van der Waals surface area (Å²) in [5, 5.41) is 4.64. The molecule has 0 amide bonds. The van der Waals surface area contributed by atoms with E-state index in [1.807, 2.05) is 7.05 Å². The lowest BCUT2D eigenvalue weighted by Gasteiger charge is -2.16. The largest absolute Gasteiger partial charge is 0.347 e. The molecule has 0 saturated heterocycles. The molecule has 0 atom stereocenters. The number of hydrogen-bond donors (Lipinski definition) is 1. The van der Waals surface area contributed by atoms with Gasteiger partial charge in [0.05, 0.1) is 5.52 Å².